The summed E-state index contributed by atoms with van der Waals surface area (Å²) in [6.45, 7) is 1.72. The van der Waals surface area contributed by atoms with Crippen LogP contribution in [0.25, 0.3) is 0 Å². The molecule has 18 heavy (non-hydrogen) atoms. The van der Waals surface area contributed by atoms with Crippen molar-refractivity contribution in [1.82, 2.24) is 5.32 Å². The van der Waals surface area contributed by atoms with Crippen molar-refractivity contribution >= 4 is 11.7 Å². The minimum atomic E-state index is -0.406. The van der Waals surface area contributed by atoms with Crippen molar-refractivity contribution in [3.05, 3.63) is 35.6 Å². The Kier molecular flexibility index (Phi) is 5.10. The number of hydrogen-bond donors (Lipinski definition) is 3. The van der Waals surface area contributed by atoms with Crippen LogP contribution in [-0.2, 0) is 11.2 Å². The lowest BCUT2D eigenvalue weighted by Gasteiger charge is -2.13. The van der Waals surface area contributed by atoms with Crippen molar-refractivity contribution in [2.45, 2.75) is 25.8 Å². The van der Waals surface area contributed by atoms with Crippen LogP contribution >= 0.6 is 0 Å². The maximum Gasteiger partial charge on any atom is 0.224 e. The van der Waals surface area contributed by atoms with Crippen molar-refractivity contribution < 1.29 is 14.4 Å². The molecule has 0 aromatic heterocycles. The summed E-state index contributed by atoms with van der Waals surface area (Å²) in [6.07, 6.45) is 0.201. The molecule has 1 amide bonds. The molecule has 0 heterocycles. The third kappa shape index (κ3) is 4.40. The van der Waals surface area contributed by atoms with Crippen LogP contribution in [0, 0.1) is 5.82 Å². The molecule has 0 radical (unpaired) electrons. The van der Waals surface area contributed by atoms with Crippen molar-refractivity contribution in [2.75, 3.05) is 0 Å². The number of amides is 1. The normalized spacial score (nSPS) is 13.1. The zero-order valence-electron chi connectivity index (χ0n) is 10.1. The number of nitrogens with zero attached hydrogens (tertiary/aromatic N) is 1. The topological polar surface area (TPSA) is 87.7 Å². The Balaban J connectivity index is 2.50. The quantitative estimate of drug-likeness (QED) is 0.317. The Bertz CT molecular complexity index is 449. The van der Waals surface area contributed by atoms with Gasteiger partial charge >= 0.3 is 0 Å². The first kappa shape index (κ1) is 14.0. The first-order valence-corrected chi connectivity index (χ1v) is 5.52. The molecule has 0 aliphatic heterocycles. The largest absolute Gasteiger partial charge is 0.409 e. The lowest BCUT2D eigenvalue weighted by Crippen LogP contribution is -2.36. The molecule has 0 fully saturated rings. The number of oxime groups is 1. The first-order chi connectivity index (χ1) is 8.52. The molecule has 1 aromatic rings. The highest BCUT2D eigenvalue weighted by Crippen LogP contribution is 2.07. The monoisotopic (exact) mass is 253 g/mol. The van der Waals surface area contributed by atoms with E-state index in [0.29, 0.717) is 5.56 Å². The molecule has 0 aliphatic rings. The van der Waals surface area contributed by atoms with E-state index in [9.17, 15) is 9.18 Å². The van der Waals surface area contributed by atoms with Gasteiger partial charge in [0.15, 0.2) is 0 Å². The van der Waals surface area contributed by atoms with Crippen molar-refractivity contribution in [1.29, 1.82) is 0 Å². The summed E-state index contributed by atoms with van der Waals surface area (Å²) in [5.41, 5.74) is 5.65. The van der Waals surface area contributed by atoms with Crippen molar-refractivity contribution in [2.24, 2.45) is 10.9 Å². The average Bonchev–Trinajstić information content (AvgIpc) is 2.31. The van der Waals surface area contributed by atoms with E-state index < -0.39 is 5.82 Å². The summed E-state index contributed by atoms with van der Waals surface area (Å²) < 4.78 is 13.3. The SMILES string of the molecule is CC(CC(N)=NO)NC(=O)Cc1ccccc1F. The van der Waals surface area contributed by atoms with Gasteiger partial charge in [0.25, 0.3) is 0 Å². The van der Waals surface area contributed by atoms with Crippen LogP contribution in [0.3, 0.4) is 0 Å². The van der Waals surface area contributed by atoms with Gasteiger partial charge in [-0.3, -0.25) is 4.79 Å². The smallest absolute Gasteiger partial charge is 0.224 e. The third-order valence-corrected chi connectivity index (χ3v) is 2.36. The number of carbonyl (C=O) groups is 1. The number of halogens is 1. The van der Waals surface area contributed by atoms with E-state index in [2.05, 4.69) is 10.5 Å². The van der Waals surface area contributed by atoms with Crippen LogP contribution in [0.1, 0.15) is 18.9 Å². The van der Waals surface area contributed by atoms with Crippen LogP contribution in [0.2, 0.25) is 0 Å². The molecule has 0 aliphatic carbocycles. The first-order valence-electron chi connectivity index (χ1n) is 5.52. The predicted octanol–water partition coefficient (Wildman–Crippen LogP) is 1.01. The second-order valence-electron chi connectivity index (χ2n) is 4.03. The highest BCUT2D eigenvalue weighted by atomic mass is 19.1. The highest BCUT2D eigenvalue weighted by molar-refractivity contribution is 5.82. The van der Waals surface area contributed by atoms with E-state index in [1.165, 1.54) is 6.07 Å². The molecular formula is C12H16FN3O2. The summed E-state index contributed by atoms with van der Waals surface area (Å²) in [4.78, 5) is 11.6. The van der Waals surface area contributed by atoms with E-state index in [1.54, 1.807) is 25.1 Å². The lowest BCUT2D eigenvalue weighted by atomic mass is 10.1. The van der Waals surface area contributed by atoms with Gasteiger partial charge in [0.05, 0.1) is 6.42 Å². The Morgan fingerprint density at radius 2 is 2.22 bits per heavy atom. The molecule has 6 heteroatoms. The Hall–Kier alpha value is -2.11. The molecule has 5 nitrogen and oxygen atoms in total. The molecule has 1 aromatic carbocycles. The maximum atomic E-state index is 13.3. The maximum absolute atomic E-state index is 13.3. The number of amidine groups is 1. The molecule has 1 rings (SSSR count). The van der Waals surface area contributed by atoms with Gasteiger partial charge in [0.2, 0.25) is 5.91 Å². The van der Waals surface area contributed by atoms with Gasteiger partial charge in [-0.15, -0.1) is 0 Å². The molecule has 0 saturated carbocycles. The lowest BCUT2D eigenvalue weighted by molar-refractivity contribution is -0.121. The van der Waals surface area contributed by atoms with E-state index >= 15 is 0 Å². The molecule has 0 saturated heterocycles. The van der Waals surface area contributed by atoms with Crippen molar-refractivity contribution in [3.63, 3.8) is 0 Å². The number of hydrogen-bond acceptors (Lipinski definition) is 3. The zero-order chi connectivity index (χ0) is 13.5. The van der Waals surface area contributed by atoms with Crippen molar-refractivity contribution in [3.8, 4) is 0 Å². The average molecular weight is 253 g/mol. The number of nitrogens with one attached hydrogen (secondary N) is 1. The Labute approximate surface area is 104 Å². The minimum Gasteiger partial charge on any atom is -0.409 e. The fraction of sp³-hybridized carbons (Fsp3) is 0.333. The molecule has 0 spiro atoms. The molecule has 1 atom stereocenters. The third-order valence-electron chi connectivity index (χ3n) is 2.36. The van der Waals surface area contributed by atoms with Gasteiger partial charge in [0.1, 0.15) is 11.7 Å². The predicted molar refractivity (Wildman–Crippen MR) is 65.7 cm³/mol. The molecule has 98 valence electrons. The molecule has 1 unspecified atom stereocenters. The second-order valence-corrected chi connectivity index (χ2v) is 4.03. The standard InChI is InChI=1S/C12H16FN3O2/c1-8(6-11(14)16-18)15-12(17)7-9-4-2-3-5-10(9)13/h2-5,8,18H,6-7H2,1H3,(H2,14,16)(H,15,17). The van der Waals surface area contributed by atoms with Gasteiger partial charge in [-0.2, -0.15) is 0 Å². The summed E-state index contributed by atoms with van der Waals surface area (Å²) >= 11 is 0. The van der Waals surface area contributed by atoms with E-state index in [4.69, 9.17) is 10.9 Å². The number of rotatable bonds is 5. The summed E-state index contributed by atoms with van der Waals surface area (Å²) in [5, 5.41) is 13.9. The Morgan fingerprint density at radius 1 is 1.56 bits per heavy atom. The van der Waals surface area contributed by atoms with Gasteiger partial charge in [-0.25, -0.2) is 4.39 Å². The summed E-state index contributed by atoms with van der Waals surface area (Å²) in [6, 6.07) is 5.83. The van der Waals surface area contributed by atoms with Gasteiger partial charge in [0, 0.05) is 12.5 Å². The molecule has 0 bridgehead atoms. The van der Waals surface area contributed by atoms with Crippen LogP contribution in [-0.4, -0.2) is 23.0 Å². The second kappa shape index (κ2) is 6.58. The van der Waals surface area contributed by atoms with Gasteiger partial charge in [-0.05, 0) is 18.6 Å². The zero-order valence-corrected chi connectivity index (χ0v) is 10.1. The van der Waals surface area contributed by atoms with Crippen LogP contribution in [0.4, 0.5) is 4.39 Å². The van der Waals surface area contributed by atoms with E-state index in [1.807, 2.05) is 0 Å². The summed E-state index contributed by atoms with van der Waals surface area (Å²) in [7, 11) is 0. The number of nitrogens with two attached hydrogens (primary N) is 1. The molecular weight excluding hydrogens is 237 g/mol. The van der Waals surface area contributed by atoms with Crippen LogP contribution < -0.4 is 11.1 Å². The summed E-state index contributed by atoms with van der Waals surface area (Å²) in [5.74, 6) is -0.677. The van der Waals surface area contributed by atoms with Crippen LogP contribution in [0.15, 0.2) is 29.4 Å². The van der Waals surface area contributed by atoms with Gasteiger partial charge in [-0.1, -0.05) is 23.4 Å². The fourth-order valence-electron chi connectivity index (χ4n) is 1.55. The highest BCUT2D eigenvalue weighted by Gasteiger charge is 2.11. The number of benzene rings is 1. The fourth-order valence-corrected chi connectivity index (χ4v) is 1.55. The van der Waals surface area contributed by atoms with E-state index in [-0.39, 0.29) is 30.6 Å². The van der Waals surface area contributed by atoms with Crippen LogP contribution in [0.5, 0.6) is 0 Å². The Morgan fingerprint density at radius 3 is 2.83 bits per heavy atom. The van der Waals surface area contributed by atoms with E-state index in [0.717, 1.165) is 0 Å². The molecule has 4 N–H and O–H groups in total. The minimum absolute atomic E-state index is 0.0345. The van der Waals surface area contributed by atoms with Gasteiger partial charge < -0.3 is 16.3 Å². The number of carbonyl (C=O) groups excluding carboxylic acids is 1.